The zero-order chi connectivity index (χ0) is 22.7. The summed E-state index contributed by atoms with van der Waals surface area (Å²) in [6, 6.07) is 8.64. The predicted octanol–water partition coefficient (Wildman–Crippen LogP) is 3.22. The van der Waals surface area contributed by atoms with Crippen LogP contribution in [0.5, 0.6) is 5.75 Å². The minimum Gasteiger partial charge on any atom is -0.494 e. The van der Waals surface area contributed by atoms with Crippen LogP contribution in [0, 0.1) is 5.82 Å². The number of rotatable bonds is 6. The Morgan fingerprint density at radius 2 is 1.97 bits per heavy atom. The third-order valence-corrected chi connectivity index (χ3v) is 5.42. The first-order valence-corrected chi connectivity index (χ1v) is 10.4. The van der Waals surface area contributed by atoms with Crippen LogP contribution in [0.25, 0.3) is 22.4 Å². The van der Waals surface area contributed by atoms with E-state index in [1.807, 2.05) is 46.8 Å². The highest BCUT2D eigenvalue weighted by molar-refractivity contribution is 5.88. The Morgan fingerprint density at radius 1 is 1.19 bits per heavy atom. The van der Waals surface area contributed by atoms with E-state index in [0.717, 1.165) is 16.8 Å². The molecule has 32 heavy (non-hydrogen) atoms. The molecule has 7 nitrogen and oxygen atoms in total. The van der Waals surface area contributed by atoms with Crippen molar-refractivity contribution in [3.63, 3.8) is 0 Å². The van der Waals surface area contributed by atoms with E-state index in [1.165, 1.54) is 13.2 Å². The van der Waals surface area contributed by atoms with Crippen LogP contribution < -0.4 is 4.74 Å². The van der Waals surface area contributed by atoms with Crippen molar-refractivity contribution < 1.29 is 13.9 Å². The summed E-state index contributed by atoms with van der Waals surface area (Å²) >= 11 is 0. The molecule has 0 atom stereocenters. The number of hydrogen-bond acceptors (Lipinski definition) is 5. The van der Waals surface area contributed by atoms with Crippen molar-refractivity contribution in [2.75, 3.05) is 34.3 Å². The lowest BCUT2D eigenvalue weighted by Gasteiger charge is -2.27. The van der Waals surface area contributed by atoms with Gasteiger partial charge < -0.3 is 14.5 Å². The molecule has 0 saturated carbocycles. The number of ether oxygens (including phenoxy) is 1. The summed E-state index contributed by atoms with van der Waals surface area (Å²) in [5.41, 5.74) is 4.05. The second-order valence-corrected chi connectivity index (χ2v) is 7.90. The molecule has 0 fully saturated rings. The van der Waals surface area contributed by atoms with Crippen LogP contribution in [-0.4, -0.2) is 64.8 Å². The third-order valence-electron chi connectivity index (χ3n) is 5.42. The number of hydrogen-bond donors (Lipinski definition) is 0. The second-order valence-electron chi connectivity index (χ2n) is 7.90. The number of carbonyl (C=O) groups is 1. The van der Waals surface area contributed by atoms with Crippen molar-refractivity contribution in [2.45, 2.75) is 13.1 Å². The monoisotopic (exact) mass is 435 g/mol. The van der Waals surface area contributed by atoms with E-state index in [-0.39, 0.29) is 11.7 Å². The molecule has 1 aliphatic rings. The quantitative estimate of drug-likeness (QED) is 0.557. The van der Waals surface area contributed by atoms with Gasteiger partial charge in [0.05, 0.1) is 25.9 Å². The molecule has 8 heteroatoms. The number of carbonyl (C=O) groups excluding carboxylic acids is 1. The van der Waals surface area contributed by atoms with Crippen LogP contribution in [0.3, 0.4) is 0 Å². The molecular formula is C24H26FN5O2. The number of benzene rings is 1. The van der Waals surface area contributed by atoms with Crippen LogP contribution in [-0.2, 0) is 17.9 Å². The van der Waals surface area contributed by atoms with Gasteiger partial charge in [-0.3, -0.25) is 14.5 Å². The third kappa shape index (κ3) is 4.40. The maximum Gasteiger partial charge on any atom is 0.246 e. The zero-order valence-corrected chi connectivity index (χ0v) is 18.5. The van der Waals surface area contributed by atoms with Crippen molar-refractivity contribution >= 4 is 5.91 Å². The van der Waals surface area contributed by atoms with Gasteiger partial charge >= 0.3 is 0 Å². The van der Waals surface area contributed by atoms with Gasteiger partial charge in [-0.05, 0) is 50.0 Å². The fourth-order valence-corrected chi connectivity index (χ4v) is 3.81. The lowest BCUT2D eigenvalue weighted by atomic mass is 9.98. The van der Waals surface area contributed by atoms with Crippen molar-refractivity contribution in [2.24, 2.45) is 0 Å². The SMILES string of the molecule is COc1ccc(-c2nn3c(c2-c2ccncc2)CN(C(=O)/C=C/CN(C)C)CC3)cc1F. The first-order chi connectivity index (χ1) is 15.5. The normalized spacial score (nSPS) is 13.6. The summed E-state index contributed by atoms with van der Waals surface area (Å²) in [6.07, 6.45) is 6.92. The second kappa shape index (κ2) is 9.32. The predicted molar refractivity (Wildman–Crippen MR) is 121 cm³/mol. The maximum atomic E-state index is 14.5. The molecule has 2 aromatic heterocycles. The van der Waals surface area contributed by atoms with Gasteiger partial charge in [0.1, 0.15) is 5.69 Å². The van der Waals surface area contributed by atoms with Crippen LogP contribution in [0.1, 0.15) is 5.69 Å². The standard InChI is InChI=1S/C24H26FN5O2/c1-28(2)12-4-5-22(31)29-13-14-30-20(16-29)23(17-8-10-26-11-9-17)24(27-30)18-6-7-21(32-3)19(25)15-18/h4-11,15H,12-14,16H2,1-3H3/b5-4+. The highest BCUT2D eigenvalue weighted by Gasteiger charge is 2.27. The van der Waals surface area contributed by atoms with Gasteiger partial charge in [0.15, 0.2) is 11.6 Å². The fraction of sp³-hybridized carbons (Fsp3) is 0.292. The van der Waals surface area contributed by atoms with Gasteiger partial charge in [0.25, 0.3) is 0 Å². The maximum absolute atomic E-state index is 14.5. The minimum absolute atomic E-state index is 0.0305. The number of fused-ring (bicyclic) bond motifs is 1. The molecule has 1 aromatic carbocycles. The molecule has 0 N–H and O–H groups in total. The Labute approximate surface area is 186 Å². The van der Waals surface area contributed by atoms with E-state index >= 15 is 0 Å². The van der Waals surface area contributed by atoms with Gasteiger partial charge in [-0.25, -0.2) is 4.39 Å². The average molecular weight is 436 g/mol. The molecule has 3 aromatic rings. The van der Waals surface area contributed by atoms with Crippen LogP contribution >= 0.6 is 0 Å². The van der Waals surface area contributed by atoms with Crippen LogP contribution in [0.4, 0.5) is 4.39 Å². The van der Waals surface area contributed by atoms with E-state index in [2.05, 4.69) is 4.98 Å². The van der Waals surface area contributed by atoms with Crippen molar-refractivity contribution in [1.82, 2.24) is 24.6 Å². The fourth-order valence-electron chi connectivity index (χ4n) is 3.81. The van der Waals surface area contributed by atoms with Crippen molar-refractivity contribution in [1.29, 1.82) is 0 Å². The van der Waals surface area contributed by atoms with E-state index in [9.17, 15) is 9.18 Å². The number of aromatic nitrogens is 3. The molecule has 4 rings (SSSR count). The molecule has 1 aliphatic heterocycles. The molecule has 0 spiro atoms. The molecule has 0 radical (unpaired) electrons. The molecule has 0 bridgehead atoms. The minimum atomic E-state index is -0.445. The number of pyridine rings is 1. The topological polar surface area (TPSA) is 63.5 Å². The van der Waals surface area contributed by atoms with E-state index < -0.39 is 5.82 Å². The number of amides is 1. The molecule has 1 amide bonds. The van der Waals surface area contributed by atoms with Crippen LogP contribution in [0.15, 0.2) is 54.9 Å². The Morgan fingerprint density at radius 3 is 2.66 bits per heavy atom. The first kappa shape index (κ1) is 21.7. The largest absolute Gasteiger partial charge is 0.494 e. The number of nitrogens with zero attached hydrogens (tertiary/aromatic N) is 5. The summed E-state index contributed by atoms with van der Waals surface area (Å²) in [6.45, 7) is 2.26. The lowest BCUT2D eigenvalue weighted by Crippen LogP contribution is -2.37. The molecule has 0 saturated heterocycles. The summed E-state index contributed by atoms with van der Waals surface area (Å²) < 4.78 is 21.4. The van der Waals surface area contributed by atoms with E-state index in [4.69, 9.17) is 9.84 Å². The Kier molecular flexibility index (Phi) is 6.32. The van der Waals surface area contributed by atoms with E-state index in [0.29, 0.717) is 37.4 Å². The average Bonchev–Trinajstić information content (AvgIpc) is 3.18. The molecule has 0 aliphatic carbocycles. The molecular weight excluding hydrogens is 409 g/mol. The van der Waals surface area contributed by atoms with Gasteiger partial charge in [-0.1, -0.05) is 6.08 Å². The van der Waals surface area contributed by atoms with Gasteiger partial charge in [-0.15, -0.1) is 0 Å². The Balaban J connectivity index is 1.74. The summed E-state index contributed by atoms with van der Waals surface area (Å²) in [5.74, 6) is -0.291. The molecule has 3 heterocycles. The molecule has 166 valence electrons. The summed E-state index contributed by atoms with van der Waals surface area (Å²) in [7, 11) is 5.35. The number of methoxy groups -OCH3 is 1. The smallest absolute Gasteiger partial charge is 0.246 e. The highest BCUT2D eigenvalue weighted by Crippen LogP contribution is 2.37. The zero-order valence-electron chi connectivity index (χ0n) is 18.5. The number of likely N-dealkylation sites (N-methyl/N-ethyl adjacent to an activating group) is 1. The Bertz CT molecular complexity index is 1140. The van der Waals surface area contributed by atoms with Crippen molar-refractivity contribution in [3.05, 3.63) is 66.4 Å². The first-order valence-electron chi connectivity index (χ1n) is 10.4. The van der Waals surface area contributed by atoms with Crippen LogP contribution in [0.2, 0.25) is 0 Å². The van der Waals surface area contributed by atoms with Gasteiger partial charge in [0, 0.05) is 42.7 Å². The van der Waals surface area contributed by atoms with Gasteiger partial charge in [0.2, 0.25) is 5.91 Å². The van der Waals surface area contributed by atoms with Gasteiger partial charge in [-0.2, -0.15) is 5.10 Å². The highest BCUT2D eigenvalue weighted by atomic mass is 19.1. The number of halogens is 1. The lowest BCUT2D eigenvalue weighted by molar-refractivity contribution is -0.127. The summed E-state index contributed by atoms with van der Waals surface area (Å²) in [5, 5.41) is 4.80. The molecule has 0 unspecified atom stereocenters. The van der Waals surface area contributed by atoms with Crippen molar-refractivity contribution in [3.8, 4) is 28.1 Å². The Hall–Kier alpha value is -3.52. The van der Waals surface area contributed by atoms with E-state index in [1.54, 1.807) is 30.6 Å². The summed E-state index contributed by atoms with van der Waals surface area (Å²) in [4.78, 5) is 20.7.